The van der Waals surface area contributed by atoms with E-state index in [0.29, 0.717) is 0 Å². The van der Waals surface area contributed by atoms with Crippen molar-refractivity contribution in [3.63, 3.8) is 0 Å². The van der Waals surface area contributed by atoms with Gasteiger partial charge in [0.25, 0.3) is 5.95 Å². The fourth-order valence-corrected chi connectivity index (χ4v) is 19.5. The van der Waals surface area contributed by atoms with E-state index in [1.807, 2.05) is 30.3 Å². The lowest BCUT2D eigenvalue weighted by molar-refractivity contribution is -0.148. The lowest BCUT2D eigenvalue weighted by Gasteiger charge is -2.21. The van der Waals surface area contributed by atoms with E-state index in [1.165, 1.54) is 0 Å². The molecule has 10 nitrogen and oxygen atoms in total. The summed E-state index contributed by atoms with van der Waals surface area (Å²) >= 11 is 0. The maximum absolute atomic E-state index is 16.6. The van der Waals surface area contributed by atoms with Gasteiger partial charge >= 0.3 is 23.9 Å². The molecule has 21 rings (SSSR count). The SMILES string of the molecule is CC(Cc1ccc2ccc3cccc4ccc1c2c34)OC(=O)C1=C(C(=O)OC(C)Cc2ccc3ccc4cccc5ccc2c3c45)C(C(=O)OC(C)Cc2ccc3ccc4cccc5ccc2c3c45)=C(C(=O)OC(C)Cc2ccc3ccc4cccc5ccc2c3c45)C1=C(O)OC(C)Cc1ccc2ccc3cccc4ccc1c2c34. The van der Waals surface area contributed by atoms with Crippen molar-refractivity contribution < 1.29 is 48.0 Å². The molecule has 0 fully saturated rings. The third-order valence-corrected chi connectivity index (χ3v) is 24.5. The minimum atomic E-state index is -1.15. The molecular weight excluding hydrogens is 1420 g/mol. The number of hydrogen-bond donors (Lipinski definition) is 1. The van der Waals surface area contributed by atoms with Gasteiger partial charge in [-0.05, 0) is 224 Å². The summed E-state index contributed by atoms with van der Waals surface area (Å²) in [4.78, 5) is 66.3. The molecule has 20 aromatic rings. The largest absolute Gasteiger partial charge is 0.481 e. The number of aliphatic hydroxyl groups is 1. The summed E-state index contributed by atoms with van der Waals surface area (Å²) < 4.78 is 33.7. The Balaban J connectivity index is 0.720. The van der Waals surface area contributed by atoms with Gasteiger partial charge in [0, 0.05) is 32.1 Å². The predicted molar refractivity (Wildman–Crippen MR) is 466 cm³/mol. The Morgan fingerprint density at radius 1 is 0.217 bits per heavy atom. The van der Waals surface area contributed by atoms with Crippen molar-refractivity contribution in [2.45, 2.75) is 97.2 Å². The molecule has 556 valence electrons. The summed E-state index contributed by atoms with van der Waals surface area (Å²) in [6, 6.07) is 94.1. The fraction of sp³-hybridized carbons (Fsp3) is 0.143. The van der Waals surface area contributed by atoms with Crippen LogP contribution in [-0.4, -0.2) is 59.5 Å². The first-order valence-corrected chi connectivity index (χ1v) is 39.8. The topological polar surface area (TPSA) is 135 Å². The van der Waals surface area contributed by atoms with Crippen LogP contribution in [0.25, 0.3) is 162 Å². The predicted octanol–water partition coefficient (Wildman–Crippen LogP) is 24.2. The van der Waals surface area contributed by atoms with Gasteiger partial charge in [-0.2, -0.15) is 0 Å². The van der Waals surface area contributed by atoms with Crippen LogP contribution in [0.5, 0.6) is 0 Å². The molecule has 0 aliphatic heterocycles. The number of rotatable bonds is 20. The van der Waals surface area contributed by atoms with Crippen LogP contribution in [0.3, 0.4) is 0 Å². The molecule has 115 heavy (non-hydrogen) atoms. The van der Waals surface area contributed by atoms with Crippen molar-refractivity contribution in [3.05, 3.63) is 335 Å². The first-order chi connectivity index (χ1) is 56.1. The Kier molecular flexibility index (Phi) is 16.3. The zero-order chi connectivity index (χ0) is 77.8. The second-order valence-electron chi connectivity index (χ2n) is 31.9. The van der Waals surface area contributed by atoms with E-state index < -0.39 is 88.2 Å². The van der Waals surface area contributed by atoms with Crippen molar-refractivity contribution in [1.82, 2.24) is 0 Å². The van der Waals surface area contributed by atoms with Crippen LogP contribution in [0.1, 0.15) is 62.4 Å². The minimum Gasteiger partial charge on any atom is -0.481 e. The van der Waals surface area contributed by atoms with Gasteiger partial charge in [-0.15, -0.1) is 0 Å². The zero-order valence-electron chi connectivity index (χ0n) is 64.0. The molecule has 0 saturated heterocycles. The van der Waals surface area contributed by atoms with E-state index in [9.17, 15) is 5.11 Å². The number of carbonyl (C=O) groups excluding carboxylic acids is 4. The maximum Gasteiger partial charge on any atom is 0.340 e. The summed E-state index contributed by atoms with van der Waals surface area (Å²) in [5, 5.41) is 45.7. The molecule has 10 heteroatoms. The summed E-state index contributed by atoms with van der Waals surface area (Å²) in [5.41, 5.74) is 1.29. The Morgan fingerprint density at radius 2 is 0.383 bits per heavy atom. The highest BCUT2D eigenvalue weighted by atomic mass is 16.6. The maximum atomic E-state index is 16.6. The monoisotopic (exact) mass is 1500 g/mol. The number of hydrogen-bond acceptors (Lipinski definition) is 10. The van der Waals surface area contributed by atoms with E-state index in [-0.39, 0.29) is 32.1 Å². The third kappa shape index (κ3) is 11.4. The summed E-state index contributed by atoms with van der Waals surface area (Å²) in [6.45, 7) is 8.83. The minimum absolute atomic E-state index is 0.191. The van der Waals surface area contributed by atoms with Gasteiger partial charge in [-0.25, -0.2) is 19.2 Å². The number of carbonyl (C=O) groups is 4. The second-order valence-corrected chi connectivity index (χ2v) is 31.9. The van der Waals surface area contributed by atoms with Crippen LogP contribution in [-0.2, 0) is 75.0 Å². The average Bonchev–Trinajstić information content (AvgIpc) is 1.22. The van der Waals surface area contributed by atoms with Crippen LogP contribution in [0.4, 0.5) is 0 Å². The Labute approximate surface area is 661 Å². The van der Waals surface area contributed by atoms with E-state index in [2.05, 4.69) is 243 Å². The average molecular weight is 1500 g/mol. The van der Waals surface area contributed by atoms with Crippen LogP contribution in [0, 0.1) is 0 Å². The van der Waals surface area contributed by atoms with Gasteiger partial charge < -0.3 is 28.8 Å². The van der Waals surface area contributed by atoms with Gasteiger partial charge in [-0.1, -0.05) is 273 Å². The van der Waals surface area contributed by atoms with E-state index in [1.54, 1.807) is 34.6 Å². The molecule has 5 unspecified atom stereocenters. The molecule has 1 N–H and O–H groups in total. The van der Waals surface area contributed by atoms with E-state index in [0.717, 1.165) is 189 Å². The molecule has 1 aliphatic rings. The molecule has 5 atom stereocenters. The Morgan fingerprint density at radius 3 is 0.591 bits per heavy atom. The van der Waals surface area contributed by atoms with Crippen LogP contribution in [0.15, 0.2) is 307 Å². The molecule has 0 aromatic heterocycles. The highest BCUT2D eigenvalue weighted by Gasteiger charge is 2.49. The van der Waals surface area contributed by atoms with Crippen LogP contribution >= 0.6 is 0 Å². The summed E-state index contributed by atoms with van der Waals surface area (Å²) in [6.07, 6.45) is -3.68. The van der Waals surface area contributed by atoms with Crippen molar-refractivity contribution in [3.8, 4) is 0 Å². The van der Waals surface area contributed by atoms with Crippen molar-refractivity contribution in [2.75, 3.05) is 0 Å². The number of aliphatic hydroxyl groups excluding tert-OH is 1. The number of ether oxygens (including phenoxy) is 5. The van der Waals surface area contributed by atoms with Crippen molar-refractivity contribution in [1.29, 1.82) is 0 Å². The van der Waals surface area contributed by atoms with Crippen LogP contribution < -0.4 is 0 Å². The molecule has 1 aliphatic carbocycles. The van der Waals surface area contributed by atoms with Gasteiger partial charge in [-0.3, -0.25) is 0 Å². The smallest absolute Gasteiger partial charge is 0.340 e. The van der Waals surface area contributed by atoms with Crippen molar-refractivity contribution in [2.24, 2.45) is 0 Å². The second kappa shape index (κ2) is 27.0. The van der Waals surface area contributed by atoms with Crippen molar-refractivity contribution >= 4 is 185 Å². The van der Waals surface area contributed by atoms with Gasteiger partial charge in [0.1, 0.15) is 30.5 Å². The molecule has 0 bridgehead atoms. The van der Waals surface area contributed by atoms with E-state index in [4.69, 9.17) is 23.7 Å². The Hall–Kier alpha value is -13.7. The molecule has 0 spiro atoms. The molecular formula is C105H76O10. The molecule has 0 radical (unpaired) electrons. The van der Waals surface area contributed by atoms with Crippen LogP contribution in [0.2, 0.25) is 0 Å². The highest BCUT2D eigenvalue weighted by Crippen LogP contribution is 2.47. The third-order valence-electron chi connectivity index (χ3n) is 24.5. The quantitative estimate of drug-likeness (QED) is 0.0340. The highest BCUT2D eigenvalue weighted by molar-refractivity contribution is 6.29. The summed E-state index contributed by atoms with van der Waals surface area (Å²) in [7, 11) is 0. The first kappa shape index (κ1) is 69.3. The molecule has 20 aromatic carbocycles. The summed E-state index contributed by atoms with van der Waals surface area (Å²) in [5.74, 6) is -5.52. The zero-order valence-corrected chi connectivity index (χ0v) is 64.0. The first-order valence-electron chi connectivity index (χ1n) is 39.8. The molecule has 0 saturated carbocycles. The number of benzene rings is 20. The normalized spacial score (nSPS) is 14.4. The lowest BCUT2D eigenvalue weighted by Crippen LogP contribution is -2.27. The fourth-order valence-electron chi connectivity index (χ4n) is 19.5. The van der Waals surface area contributed by atoms with Gasteiger partial charge in [0.2, 0.25) is 0 Å². The van der Waals surface area contributed by atoms with E-state index >= 15 is 19.2 Å². The van der Waals surface area contributed by atoms with Gasteiger partial charge in [0.15, 0.2) is 0 Å². The number of esters is 4. The standard InChI is InChI=1S/C105H76O10/c1-56(51-76-36-31-71-26-21-61-11-6-16-66-41-46-81(76)91(71)86(61)66)111-101(106)96-97(102(107)112-57(2)52-77-37-32-72-27-22-62-12-7-17-67-42-47-82(77)92(72)87(62)67)99(104(109)114-59(4)54-79-39-34-74-29-24-64-14-9-19-69-44-49-84(79)94(74)89(64)69)100(105(110)115-60(5)55-80-40-35-75-30-25-65-15-10-20-70-45-50-85(80)95(75)90(65)70)98(96)103(108)113-58(3)53-78-38-33-73-28-23-63-13-8-18-68-43-48-83(78)93(73)88(63)68/h6-50,56-60,106H,51-55H2,1-5H3. The molecule has 0 heterocycles. The molecule has 0 amide bonds. The lowest BCUT2D eigenvalue weighted by atomic mass is 9.90. The van der Waals surface area contributed by atoms with Gasteiger partial charge in [0.05, 0.1) is 27.9 Å². The Bertz CT molecular complexity index is 7120.